The molecule has 0 saturated heterocycles. The molecule has 2 rings (SSSR count). The molecule has 0 spiro atoms. The number of guanidine groups is 1. The van der Waals surface area contributed by atoms with Gasteiger partial charge in [-0.15, -0.1) is 24.0 Å². The standard InChI is InChI=1S/C16H18BrFN4.HI/c1-2-19-16(22-11-13-5-3-4-8-20-13)21-10-12-6-7-14(17)15(18)9-12;/h3-9H,2,10-11H2,1H3,(H2,19,21,22);1H. The van der Waals surface area contributed by atoms with Crippen molar-refractivity contribution in [2.45, 2.75) is 20.0 Å². The van der Waals surface area contributed by atoms with E-state index in [9.17, 15) is 4.39 Å². The first-order valence-electron chi connectivity index (χ1n) is 7.05. The molecule has 0 unspecified atom stereocenters. The van der Waals surface area contributed by atoms with Gasteiger partial charge in [-0.1, -0.05) is 12.1 Å². The Morgan fingerprint density at radius 2 is 2.09 bits per heavy atom. The van der Waals surface area contributed by atoms with E-state index in [1.807, 2.05) is 31.2 Å². The molecule has 0 radical (unpaired) electrons. The first-order chi connectivity index (χ1) is 10.7. The highest BCUT2D eigenvalue weighted by molar-refractivity contribution is 14.0. The molecule has 2 N–H and O–H groups in total. The summed E-state index contributed by atoms with van der Waals surface area (Å²) < 4.78 is 13.9. The fourth-order valence-corrected chi connectivity index (χ4v) is 2.07. The van der Waals surface area contributed by atoms with Gasteiger partial charge < -0.3 is 10.6 Å². The molecule has 0 aliphatic heterocycles. The van der Waals surface area contributed by atoms with E-state index in [2.05, 4.69) is 36.5 Å². The van der Waals surface area contributed by atoms with Crippen LogP contribution in [0.15, 0.2) is 52.1 Å². The number of hydrogen-bond acceptors (Lipinski definition) is 2. The number of aromatic nitrogens is 1. The number of nitrogens with zero attached hydrogens (tertiary/aromatic N) is 2. The summed E-state index contributed by atoms with van der Waals surface area (Å²) in [5.41, 5.74) is 1.75. The van der Waals surface area contributed by atoms with Crippen molar-refractivity contribution in [3.8, 4) is 0 Å². The maximum atomic E-state index is 13.5. The second-order valence-corrected chi connectivity index (χ2v) is 5.47. The molecule has 124 valence electrons. The van der Waals surface area contributed by atoms with Crippen LogP contribution in [0.3, 0.4) is 0 Å². The predicted octanol–water partition coefficient (Wildman–Crippen LogP) is 3.86. The summed E-state index contributed by atoms with van der Waals surface area (Å²) in [6.07, 6.45) is 1.76. The third-order valence-electron chi connectivity index (χ3n) is 2.91. The first-order valence-corrected chi connectivity index (χ1v) is 7.84. The van der Waals surface area contributed by atoms with Gasteiger partial charge in [-0.3, -0.25) is 4.98 Å². The number of benzene rings is 1. The van der Waals surface area contributed by atoms with Crippen molar-refractivity contribution in [2.24, 2.45) is 4.99 Å². The summed E-state index contributed by atoms with van der Waals surface area (Å²) in [6, 6.07) is 10.8. The van der Waals surface area contributed by atoms with E-state index in [4.69, 9.17) is 0 Å². The van der Waals surface area contributed by atoms with E-state index in [-0.39, 0.29) is 29.8 Å². The van der Waals surface area contributed by atoms with Crippen molar-refractivity contribution in [1.29, 1.82) is 0 Å². The maximum Gasteiger partial charge on any atom is 0.191 e. The Balaban J connectivity index is 0.00000264. The van der Waals surface area contributed by atoms with E-state index in [0.29, 0.717) is 23.5 Å². The van der Waals surface area contributed by atoms with E-state index in [1.165, 1.54) is 6.07 Å². The van der Waals surface area contributed by atoms with Gasteiger partial charge in [-0.25, -0.2) is 9.38 Å². The molecule has 0 saturated carbocycles. The highest BCUT2D eigenvalue weighted by Crippen LogP contribution is 2.16. The molecule has 4 nitrogen and oxygen atoms in total. The summed E-state index contributed by atoms with van der Waals surface area (Å²) in [7, 11) is 0. The predicted molar refractivity (Wildman–Crippen MR) is 105 cm³/mol. The molecule has 1 aromatic carbocycles. The lowest BCUT2D eigenvalue weighted by atomic mass is 10.2. The van der Waals surface area contributed by atoms with Crippen molar-refractivity contribution < 1.29 is 4.39 Å². The Hall–Kier alpha value is -1.22. The smallest absolute Gasteiger partial charge is 0.191 e. The Labute approximate surface area is 161 Å². The van der Waals surface area contributed by atoms with Gasteiger partial charge in [0, 0.05) is 12.7 Å². The van der Waals surface area contributed by atoms with Crippen LogP contribution in [0.25, 0.3) is 0 Å². The van der Waals surface area contributed by atoms with E-state index in [0.717, 1.165) is 17.8 Å². The molecular weight excluding hydrogens is 474 g/mol. The van der Waals surface area contributed by atoms with Crippen molar-refractivity contribution in [3.05, 3.63) is 64.1 Å². The van der Waals surface area contributed by atoms with Crippen molar-refractivity contribution >= 4 is 45.9 Å². The zero-order valence-electron chi connectivity index (χ0n) is 12.7. The van der Waals surface area contributed by atoms with Gasteiger partial charge in [0.15, 0.2) is 5.96 Å². The third-order valence-corrected chi connectivity index (χ3v) is 3.55. The topological polar surface area (TPSA) is 49.3 Å². The average molecular weight is 493 g/mol. The SMILES string of the molecule is CCNC(=NCc1ccc(Br)c(F)c1)NCc1ccccn1.I. The lowest BCUT2D eigenvalue weighted by molar-refractivity contribution is 0.618. The number of halogens is 3. The van der Waals surface area contributed by atoms with Crippen LogP contribution in [0.2, 0.25) is 0 Å². The third kappa shape index (κ3) is 6.82. The molecule has 2 aromatic rings. The lowest BCUT2D eigenvalue weighted by Crippen LogP contribution is -2.37. The molecule has 0 bridgehead atoms. The molecule has 1 aromatic heterocycles. The summed E-state index contributed by atoms with van der Waals surface area (Å²) in [6.45, 7) is 3.74. The Kier molecular flexibility index (Phi) is 9.08. The summed E-state index contributed by atoms with van der Waals surface area (Å²) >= 11 is 3.14. The largest absolute Gasteiger partial charge is 0.357 e. The van der Waals surface area contributed by atoms with Gasteiger partial charge in [-0.05, 0) is 52.7 Å². The molecule has 23 heavy (non-hydrogen) atoms. The Morgan fingerprint density at radius 3 is 2.74 bits per heavy atom. The van der Waals surface area contributed by atoms with E-state index >= 15 is 0 Å². The van der Waals surface area contributed by atoms with Crippen LogP contribution in [-0.4, -0.2) is 17.5 Å². The van der Waals surface area contributed by atoms with Crippen LogP contribution in [0.4, 0.5) is 4.39 Å². The molecule has 0 aliphatic rings. The minimum atomic E-state index is -0.279. The van der Waals surface area contributed by atoms with Gasteiger partial charge in [0.2, 0.25) is 0 Å². The average Bonchev–Trinajstić information content (AvgIpc) is 2.54. The number of pyridine rings is 1. The van der Waals surface area contributed by atoms with Crippen LogP contribution in [0.1, 0.15) is 18.2 Å². The molecule has 0 atom stereocenters. The van der Waals surface area contributed by atoms with Crippen LogP contribution in [0.5, 0.6) is 0 Å². The highest BCUT2D eigenvalue weighted by atomic mass is 127. The summed E-state index contributed by atoms with van der Waals surface area (Å²) in [5, 5.41) is 6.36. The lowest BCUT2D eigenvalue weighted by Gasteiger charge is -2.11. The van der Waals surface area contributed by atoms with Crippen LogP contribution in [-0.2, 0) is 13.1 Å². The molecule has 0 fully saturated rings. The fourth-order valence-electron chi connectivity index (χ4n) is 1.83. The second-order valence-electron chi connectivity index (χ2n) is 4.62. The number of hydrogen-bond donors (Lipinski definition) is 2. The zero-order chi connectivity index (χ0) is 15.8. The number of aliphatic imine (C=N–C) groups is 1. The van der Waals surface area contributed by atoms with Gasteiger partial charge in [-0.2, -0.15) is 0 Å². The maximum absolute atomic E-state index is 13.5. The Morgan fingerprint density at radius 1 is 1.26 bits per heavy atom. The highest BCUT2D eigenvalue weighted by Gasteiger charge is 2.02. The summed E-state index contributed by atoms with van der Waals surface area (Å²) in [5.74, 6) is 0.399. The van der Waals surface area contributed by atoms with E-state index in [1.54, 1.807) is 12.3 Å². The van der Waals surface area contributed by atoms with Crippen LogP contribution in [0, 0.1) is 5.82 Å². The van der Waals surface area contributed by atoms with Gasteiger partial charge in [0.25, 0.3) is 0 Å². The second kappa shape index (κ2) is 10.5. The normalized spacial score (nSPS) is 10.8. The van der Waals surface area contributed by atoms with Gasteiger partial charge in [0.05, 0.1) is 23.3 Å². The summed E-state index contributed by atoms with van der Waals surface area (Å²) in [4.78, 5) is 8.70. The minimum absolute atomic E-state index is 0. The number of rotatable bonds is 5. The van der Waals surface area contributed by atoms with E-state index < -0.39 is 0 Å². The van der Waals surface area contributed by atoms with Gasteiger partial charge >= 0.3 is 0 Å². The van der Waals surface area contributed by atoms with Crippen molar-refractivity contribution in [1.82, 2.24) is 15.6 Å². The molecule has 0 aliphatic carbocycles. The van der Waals surface area contributed by atoms with Crippen molar-refractivity contribution in [3.63, 3.8) is 0 Å². The zero-order valence-corrected chi connectivity index (χ0v) is 16.6. The fraction of sp³-hybridized carbons (Fsp3) is 0.250. The van der Waals surface area contributed by atoms with Gasteiger partial charge in [0.1, 0.15) is 5.82 Å². The van der Waals surface area contributed by atoms with Crippen LogP contribution < -0.4 is 10.6 Å². The first kappa shape index (κ1) is 19.8. The molecule has 1 heterocycles. The van der Waals surface area contributed by atoms with Crippen LogP contribution >= 0.6 is 39.9 Å². The minimum Gasteiger partial charge on any atom is -0.357 e. The number of nitrogens with one attached hydrogen (secondary N) is 2. The van der Waals surface area contributed by atoms with Crippen molar-refractivity contribution in [2.75, 3.05) is 6.54 Å². The molecule has 0 amide bonds. The molecule has 7 heteroatoms. The quantitative estimate of drug-likeness (QED) is 0.378. The monoisotopic (exact) mass is 492 g/mol. The Bertz CT molecular complexity index is 637. The molecular formula is C16H19BrFIN4.